The molecule has 1 heterocycles. The summed E-state index contributed by atoms with van der Waals surface area (Å²) in [6.45, 7) is 7.06. The Kier molecular flexibility index (Phi) is 3.57. The van der Waals surface area contributed by atoms with Crippen molar-refractivity contribution in [3.63, 3.8) is 0 Å². The first-order chi connectivity index (χ1) is 7.31. The number of cyclic esters (lactones) is 1. The Hall–Kier alpha value is -1.52. The van der Waals surface area contributed by atoms with E-state index in [9.17, 15) is 9.59 Å². The van der Waals surface area contributed by atoms with Crippen molar-refractivity contribution in [2.75, 3.05) is 0 Å². The molecule has 1 amide bonds. The minimum absolute atomic E-state index is 0.384. The number of esters is 1. The SMILES string of the molecule is C/C=C1\CC(NC(=O)OC(C)(C)C)C(=O)O1. The Morgan fingerprint density at radius 2 is 2.19 bits per heavy atom. The number of hydrogen-bond donors (Lipinski definition) is 1. The molecule has 1 rings (SSSR count). The Balaban J connectivity index is 2.50. The van der Waals surface area contributed by atoms with E-state index in [-0.39, 0.29) is 0 Å². The average molecular weight is 227 g/mol. The molecule has 1 aliphatic rings. The minimum Gasteiger partial charge on any atom is -0.444 e. The zero-order valence-electron chi connectivity index (χ0n) is 9.99. The van der Waals surface area contributed by atoms with Crippen molar-refractivity contribution in [3.05, 3.63) is 11.8 Å². The van der Waals surface area contributed by atoms with Crippen LogP contribution in [0.25, 0.3) is 0 Å². The van der Waals surface area contributed by atoms with E-state index in [1.54, 1.807) is 33.8 Å². The largest absolute Gasteiger partial charge is 0.444 e. The Morgan fingerprint density at radius 1 is 1.56 bits per heavy atom. The molecule has 1 aliphatic heterocycles. The van der Waals surface area contributed by atoms with E-state index in [4.69, 9.17) is 9.47 Å². The summed E-state index contributed by atoms with van der Waals surface area (Å²) in [6.07, 6.45) is 1.48. The molecule has 0 aliphatic carbocycles. The summed E-state index contributed by atoms with van der Waals surface area (Å²) >= 11 is 0. The fraction of sp³-hybridized carbons (Fsp3) is 0.636. The second-order valence-corrected chi connectivity index (χ2v) is 4.58. The maximum absolute atomic E-state index is 11.4. The zero-order chi connectivity index (χ0) is 12.3. The molecular formula is C11H17NO4. The van der Waals surface area contributed by atoms with Gasteiger partial charge in [0.05, 0.1) is 0 Å². The van der Waals surface area contributed by atoms with Crippen LogP contribution in [0.2, 0.25) is 0 Å². The number of rotatable bonds is 1. The molecule has 1 unspecified atom stereocenters. The lowest BCUT2D eigenvalue weighted by molar-refractivity contribution is -0.137. The van der Waals surface area contributed by atoms with E-state index in [0.717, 1.165) is 0 Å². The molecular weight excluding hydrogens is 210 g/mol. The van der Waals surface area contributed by atoms with Crippen LogP contribution < -0.4 is 5.32 Å². The number of hydrogen-bond acceptors (Lipinski definition) is 4. The fourth-order valence-electron chi connectivity index (χ4n) is 1.26. The molecule has 0 aromatic rings. The molecule has 0 aromatic heterocycles. The second kappa shape index (κ2) is 4.55. The number of amides is 1. The van der Waals surface area contributed by atoms with Crippen molar-refractivity contribution >= 4 is 12.1 Å². The van der Waals surface area contributed by atoms with Crippen LogP contribution in [-0.2, 0) is 14.3 Å². The summed E-state index contributed by atoms with van der Waals surface area (Å²) in [5, 5.41) is 2.47. The second-order valence-electron chi connectivity index (χ2n) is 4.58. The van der Waals surface area contributed by atoms with Crippen LogP contribution in [0.3, 0.4) is 0 Å². The van der Waals surface area contributed by atoms with Crippen LogP contribution in [-0.4, -0.2) is 23.7 Å². The third-order valence-corrected chi connectivity index (χ3v) is 1.93. The predicted octanol–water partition coefficient (Wildman–Crippen LogP) is 1.73. The standard InChI is InChI=1S/C11H17NO4/c1-5-7-6-8(9(13)15-7)12-10(14)16-11(2,3)4/h5,8H,6H2,1-4H3,(H,12,14)/b7-5+. The molecule has 16 heavy (non-hydrogen) atoms. The third kappa shape index (κ3) is 3.56. The first kappa shape index (κ1) is 12.5. The highest BCUT2D eigenvalue weighted by Crippen LogP contribution is 2.18. The summed E-state index contributed by atoms with van der Waals surface area (Å²) in [5.41, 5.74) is -0.573. The highest BCUT2D eigenvalue weighted by molar-refractivity contribution is 5.84. The smallest absolute Gasteiger partial charge is 0.408 e. The first-order valence-electron chi connectivity index (χ1n) is 5.18. The molecule has 0 spiro atoms. The fourth-order valence-corrected chi connectivity index (χ4v) is 1.26. The van der Waals surface area contributed by atoms with Crippen molar-refractivity contribution in [2.24, 2.45) is 0 Å². The van der Waals surface area contributed by atoms with Crippen LogP contribution in [0.5, 0.6) is 0 Å². The molecule has 0 radical (unpaired) electrons. The van der Waals surface area contributed by atoms with Gasteiger partial charge in [0.25, 0.3) is 0 Å². The van der Waals surface area contributed by atoms with Gasteiger partial charge < -0.3 is 14.8 Å². The lowest BCUT2D eigenvalue weighted by Gasteiger charge is -2.20. The molecule has 1 fully saturated rings. The van der Waals surface area contributed by atoms with Crippen LogP contribution in [0.15, 0.2) is 11.8 Å². The Labute approximate surface area is 94.8 Å². The maximum atomic E-state index is 11.4. The van der Waals surface area contributed by atoms with E-state index in [2.05, 4.69) is 5.32 Å². The molecule has 0 saturated carbocycles. The van der Waals surface area contributed by atoms with E-state index in [0.29, 0.717) is 12.2 Å². The lowest BCUT2D eigenvalue weighted by Crippen LogP contribution is -2.41. The summed E-state index contributed by atoms with van der Waals surface area (Å²) in [5.74, 6) is 0.130. The van der Waals surface area contributed by atoms with Gasteiger partial charge in [-0.3, -0.25) is 0 Å². The van der Waals surface area contributed by atoms with E-state index in [1.165, 1.54) is 0 Å². The van der Waals surface area contributed by atoms with Gasteiger partial charge in [-0.25, -0.2) is 9.59 Å². The molecule has 1 saturated heterocycles. The van der Waals surface area contributed by atoms with Gasteiger partial charge in [-0.15, -0.1) is 0 Å². The van der Waals surface area contributed by atoms with Gasteiger partial charge in [-0.1, -0.05) is 0 Å². The van der Waals surface area contributed by atoms with Gasteiger partial charge >= 0.3 is 12.1 Å². The van der Waals surface area contributed by atoms with Crippen LogP contribution in [0, 0.1) is 0 Å². The van der Waals surface area contributed by atoms with E-state index < -0.39 is 23.7 Å². The molecule has 0 bridgehead atoms. The first-order valence-corrected chi connectivity index (χ1v) is 5.18. The van der Waals surface area contributed by atoms with Crippen molar-refractivity contribution in [3.8, 4) is 0 Å². The maximum Gasteiger partial charge on any atom is 0.408 e. The summed E-state index contributed by atoms with van der Waals surface area (Å²) in [6, 6.07) is -0.638. The number of nitrogens with one attached hydrogen (secondary N) is 1. The highest BCUT2D eigenvalue weighted by atomic mass is 16.6. The molecule has 0 aromatic carbocycles. The summed E-state index contributed by atoms with van der Waals surface area (Å²) in [7, 11) is 0. The number of carbonyl (C=O) groups is 2. The zero-order valence-corrected chi connectivity index (χ0v) is 9.99. The van der Waals surface area contributed by atoms with Gasteiger partial charge in [-0.2, -0.15) is 0 Å². The van der Waals surface area contributed by atoms with Crippen LogP contribution in [0.1, 0.15) is 34.1 Å². The Bertz CT molecular complexity index is 327. The number of carbonyl (C=O) groups excluding carboxylic acids is 2. The molecule has 1 atom stereocenters. The van der Waals surface area contributed by atoms with Crippen LogP contribution in [0.4, 0.5) is 4.79 Å². The highest BCUT2D eigenvalue weighted by Gasteiger charge is 2.32. The van der Waals surface area contributed by atoms with E-state index >= 15 is 0 Å². The van der Waals surface area contributed by atoms with Crippen molar-refractivity contribution in [1.82, 2.24) is 5.32 Å². The topological polar surface area (TPSA) is 64.6 Å². The van der Waals surface area contributed by atoms with Gasteiger partial charge in [-0.05, 0) is 33.8 Å². The Morgan fingerprint density at radius 3 is 2.62 bits per heavy atom. The molecule has 5 heteroatoms. The van der Waals surface area contributed by atoms with Crippen molar-refractivity contribution in [2.45, 2.75) is 45.8 Å². The van der Waals surface area contributed by atoms with Gasteiger partial charge in [0.15, 0.2) is 0 Å². The minimum atomic E-state index is -0.638. The monoisotopic (exact) mass is 227 g/mol. The van der Waals surface area contributed by atoms with E-state index in [1.807, 2.05) is 0 Å². The normalized spacial score (nSPS) is 23.1. The number of alkyl carbamates (subject to hydrolysis) is 1. The average Bonchev–Trinajstić information content (AvgIpc) is 2.44. The van der Waals surface area contributed by atoms with Gasteiger partial charge in [0.2, 0.25) is 0 Å². The van der Waals surface area contributed by atoms with Gasteiger partial charge in [0, 0.05) is 6.42 Å². The third-order valence-electron chi connectivity index (χ3n) is 1.93. The van der Waals surface area contributed by atoms with Gasteiger partial charge in [0.1, 0.15) is 17.4 Å². The molecule has 1 N–H and O–H groups in total. The molecule has 90 valence electrons. The lowest BCUT2D eigenvalue weighted by atomic mass is 10.2. The quantitative estimate of drug-likeness (QED) is 0.693. The van der Waals surface area contributed by atoms with Crippen molar-refractivity contribution in [1.29, 1.82) is 0 Å². The summed E-state index contributed by atoms with van der Waals surface area (Å²) in [4.78, 5) is 22.7. The number of allylic oxidation sites excluding steroid dienone is 1. The van der Waals surface area contributed by atoms with Crippen LogP contribution >= 0.6 is 0 Å². The molecule has 5 nitrogen and oxygen atoms in total. The van der Waals surface area contributed by atoms with Crippen molar-refractivity contribution < 1.29 is 19.1 Å². The summed E-state index contributed by atoms with van der Waals surface area (Å²) < 4.78 is 9.95. The number of ether oxygens (including phenoxy) is 2. The predicted molar refractivity (Wildman–Crippen MR) is 57.6 cm³/mol.